The van der Waals surface area contributed by atoms with Crippen LogP contribution in [0.2, 0.25) is 10.0 Å². The molecular weight excluding hydrogens is 487 g/mol. The van der Waals surface area contributed by atoms with Crippen molar-refractivity contribution in [1.29, 1.82) is 0 Å². The van der Waals surface area contributed by atoms with E-state index in [2.05, 4.69) is 24.9 Å². The maximum atomic E-state index is 11.4. The minimum absolute atomic E-state index is 0.0824. The SMILES string of the molecule is CC(C)(C)C1=Nn2nc(-c3ccc(NS(C)(=O)=O)cc3)nc2C1=Nc1cc(Cl)c(O)c(Cl)c1. The third-order valence-corrected chi connectivity index (χ3v) is 5.80. The molecule has 172 valence electrons. The molecule has 1 aromatic heterocycles. The van der Waals surface area contributed by atoms with Crippen molar-refractivity contribution in [1.82, 2.24) is 14.9 Å². The molecule has 2 N–H and O–H groups in total. The van der Waals surface area contributed by atoms with E-state index < -0.39 is 10.0 Å². The number of benzene rings is 2. The third kappa shape index (κ3) is 4.87. The van der Waals surface area contributed by atoms with Gasteiger partial charge in [-0.3, -0.25) is 4.72 Å². The van der Waals surface area contributed by atoms with Gasteiger partial charge in [0.1, 0.15) is 5.71 Å². The van der Waals surface area contributed by atoms with Crippen molar-refractivity contribution in [2.45, 2.75) is 20.8 Å². The van der Waals surface area contributed by atoms with E-state index in [1.807, 2.05) is 20.8 Å². The molecule has 0 fully saturated rings. The topological polar surface area (TPSA) is 122 Å². The highest BCUT2D eigenvalue weighted by atomic mass is 35.5. The fourth-order valence-corrected chi connectivity index (χ4v) is 4.19. The van der Waals surface area contributed by atoms with Crippen LogP contribution in [-0.2, 0) is 10.0 Å². The Labute approximate surface area is 200 Å². The summed E-state index contributed by atoms with van der Waals surface area (Å²) in [5, 5.41) is 19.1. The zero-order valence-electron chi connectivity index (χ0n) is 18.1. The van der Waals surface area contributed by atoms with Crippen LogP contribution in [0.5, 0.6) is 5.75 Å². The minimum Gasteiger partial charge on any atom is -0.505 e. The van der Waals surface area contributed by atoms with E-state index >= 15 is 0 Å². The highest BCUT2D eigenvalue weighted by Crippen LogP contribution is 2.37. The number of rotatable bonds is 4. The van der Waals surface area contributed by atoms with Crippen LogP contribution < -0.4 is 4.72 Å². The predicted octanol–water partition coefficient (Wildman–Crippen LogP) is 4.71. The van der Waals surface area contributed by atoms with Crippen LogP contribution in [0.25, 0.3) is 11.4 Å². The zero-order chi connectivity index (χ0) is 24.1. The average Bonchev–Trinajstić information content (AvgIpc) is 3.24. The summed E-state index contributed by atoms with van der Waals surface area (Å²) < 4.78 is 25.2. The molecule has 0 atom stereocenters. The molecule has 0 amide bonds. The van der Waals surface area contributed by atoms with Crippen LogP contribution in [-0.4, -0.2) is 46.1 Å². The first-order chi connectivity index (χ1) is 15.3. The van der Waals surface area contributed by atoms with Crippen LogP contribution in [0.15, 0.2) is 46.5 Å². The maximum absolute atomic E-state index is 11.4. The molecule has 2 heterocycles. The molecule has 2 aromatic carbocycles. The molecule has 0 aliphatic carbocycles. The summed E-state index contributed by atoms with van der Waals surface area (Å²) in [6.07, 6.45) is 1.09. The van der Waals surface area contributed by atoms with E-state index in [0.29, 0.717) is 40.0 Å². The van der Waals surface area contributed by atoms with E-state index in [1.165, 1.54) is 16.9 Å². The van der Waals surface area contributed by atoms with Crippen LogP contribution in [0.4, 0.5) is 11.4 Å². The van der Waals surface area contributed by atoms with Crippen molar-refractivity contribution in [2.75, 3.05) is 11.0 Å². The van der Waals surface area contributed by atoms with Crippen molar-refractivity contribution >= 4 is 56.0 Å². The molecule has 0 radical (unpaired) electrons. The van der Waals surface area contributed by atoms with E-state index in [1.54, 1.807) is 24.3 Å². The smallest absolute Gasteiger partial charge is 0.229 e. The molecule has 12 heteroatoms. The monoisotopic (exact) mass is 506 g/mol. The third-order valence-electron chi connectivity index (χ3n) is 4.62. The van der Waals surface area contributed by atoms with Gasteiger partial charge in [0.05, 0.1) is 27.7 Å². The highest BCUT2D eigenvalue weighted by Gasteiger charge is 2.35. The fraction of sp³-hybridized carbons (Fsp3) is 0.238. The summed E-state index contributed by atoms with van der Waals surface area (Å²) in [5.74, 6) is 0.633. The Morgan fingerprint density at radius 1 is 1.09 bits per heavy atom. The van der Waals surface area contributed by atoms with Crippen LogP contribution in [0.1, 0.15) is 26.6 Å². The van der Waals surface area contributed by atoms with Crippen LogP contribution >= 0.6 is 23.2 Å². The Kier molecular flexibility index (Phi) is 5.71. The largest absolute Gasteiger partial charge is 0.505 e. The number of halogens is 2. The molecule has 1 aliphatic heterocycles. The summed E-state index contributed by atoms with van der Waals surface area (Å²) in [7, 11) is -3.37. The van der Waals surface area contributed by atoms with Gasteiger partial charge in [-0.1, -0.05) is 44.0 Å². The first-order valence-corrected chi connectivity index (χ1v) is 12.4. The van der Waals surface area contributed by atoms with Crippen molar-refractivity contribution in [3.8, 4) is 17.1 Å². The van der Waals surface area contributed by atoms with Gasteiger partial charge in [0, 0.05) is 16.7 Å². The molecule has 9 nitrogen and oxygen atoms in total. The van der Waals surface area contributed by atoms with Crippen molar-refractivity contribution in [3.63, 3.8) is 0 Å². The van der Waals surface area contributed by atoms with Crippen molar-refractivity contribution in [2.24, 2.45) is 15.5 Å². The first kappa shape index (κ1) is 23.2. The average molecular weight is 507 g/mol. The Morgan fingerprint density at radius 3 is 2.24 bits per heavy atom. The van der Waals surface area contributed by atoms with Crippen LogP contribution in [0.3, 0.4) is 0 Å². The Morgan fingerprint density at radius 2 is 1.70 bits per heavy atom. The van der Waals surface area contributed by atoms with Gasteiger partial charge in [0.25, 0.3) is 0 Å². The van der Waals surface area contributed by atoms with Crippen molar-refractivity contribution in [3.05, 3.63) is 52.3 Å². The number of sulfonamides is 1. The van der Waals surface area contributed by atoms with E-state index in [4.69, 9.17) is 23.2 Å². The quantitative estimate of drug-likeness (QED) is 0.530. The van der Waals surface area contributed by atoms with E-state index in [-0.39, 0.29) is 21.2 Å². The van der Waals surface area contributed by atoms with Gasteiger partial charge >= 0.3 is 0 Å². The van der Waals surface area contributed by atoms with Crippen LogP contribution in [0, 0.1) is 5.41 Å². The normalized spacial score (nSPS) is 15.0. The molecule has 0 spiro atoms. The Bertz CT molecular complexity index is 1400. The summed E-state index contributed by atoms with van der Waals surface area (Å²) in [5.41, 5.74) is 2.38. The number of nitrogens with one attached hydrogen (secondary N) is 1. The standard InChI is InChI=1S/C21H20Cl2N6O3S/c1-21(2,3)18-16(24-13-9-14(22)17(30)15(23)10-13)20-25-19(27-29(20)26-18)11-5-7-12(8-6-11)28-33(4,31)32/h5-10,28,30H,1-4H3. The lowest BCUT2D eigenvalue weighted by atomic mass is 9.87. The molecule has 0 unspecified atom stereocenters. The Hall–Kier alpha value is -2.95. The van der Waals surface area contributed by atoms with Gasteiger partial charge in [-0.05, 0) is 36.4 Å². The van der Waals surface area contributed by atoms with Gasteiger partial charge in [-0.2, -0.15) is 5.10 Å². The second kappa shape index (κ2) is 8.12. The number of hydrogen-bond donors (Lipinski definition) is 2. The second-order valence-corrected chi connectivity index (χ2v) is 11.1. The zero-order valence-corrected chi connectivity index (χ0v) is 20.5. The van der Waals surface area contributed by atoms with E-state index in [0.717, 1.165) is 6.26 Å². The lowest BCUT2D eigenvalue weighted by Gasteiger charge is -2.18. The number of aromatic nitrogens is 3. The van der Waals surface area contributed by atoms with Gasteiger partial charge in [-0.25, -0.2) is 18.4 Å². The summed E-state index contributed by atoms with van der Waals surface area (Å²) in [6.45, 7) is 6.00. The summed E-state index contributed by atoms with van der Waals surface area (Å²) in [4.78, 5) is 10.7. The molecule has 33 heavy (non-hydrogen) atoms. The number of aromatic hydroxyl groups is 1. The number of fused-ring (bicyclic) bond motifs is 1. The number of phenols is 1. The van der Waals surface area contributed by atoms with Gasteiger partial charge < -0.3 is 5.11 Å². The number of anilines is 1. The molecule has 0 bridgehead atoms. The predicted molar refractivity (Wildman–Crippen MR) is 131 cm³/mol. The minimum atomic E-state index is -3.37. The number of hydrogen-bond acceptors (Lipinski definition) is 7. The molecular formula is C21H20Cl2N6O3S. The lowest BCUT2D eigenvalue weighted by molar-refractivity contribution is 0.476. The molecule has 0 saturated carbocycles. The number of aliphatic imine (C=N–C) groups is 1. The highest BCUT2D eigenvalue weighted by molar-refractivity contribution is 7.92. The second-order valence-electron chi connectivity index (χ2n) is 8.52. The van der Waals surface area contributed by atoms with Gasteiger partial charge in [-0.15, -0.1) is 9.89 Å². The molecule has 3 aromatic rings. The van der Waals surface area contributed by atoms with Gasteiger partial charge in [0.2, 0.25) is 15.8 Å². The first-order valence-electron chi connectivity index (χ1n) is 9.74. The molecule has 1 aliphatic rings. The van der Waals surface area contributed by atoms with Crippen molar-refractivity contribution < 1.29 is 13.5 Å². The number of nitrogens with zero attached hydrogens (tertiary/aromatic N) is 5. The van der Waals surface area contributed by atoms with Gasteiger partial charge in [0.15, 0.2) is 11.6 Å². The molecule has 4 rings (SSSR count). The number of phenolic OH excluding ortho intramolecular Hbond substituents is 1. The fourth-order valence-electron chi connectivity index (χ4n) is 3.15. The lowest BCUT2D eigenvalue weighted by Crippen LogP contribution is -2.27. The summed E-state index contributed by atoms with van der Waals surface area (Å²) >= 11 is 12.1. The Balaban J connectivity index is 1.76. The maximum Gasteiger partial charge on any atom is 0.229 e. The summed E-state index contributed by atoms with van der Waals surface area (Å²) in [6, 6.07) is 9.68. The molecule has 0 saturated heterocycles. The van der Waals surface area contributed by atoms with E-state index in [9.17, 15) is 13.5 Å².